The topological polar surface area (TPSA) is 93.2 Å². The number of likely N-dealkylation sites (tertiary alicyclic amines) is 2. The van der Waals surface area contributed by atoms with Crippen LogP contribution in [0.1, 0.15) is 77.0 Å². The molecule has 218 valence electrons. The third-order valence-electron chi connectivity index (χ3n) is 12.0. The number of rotatable bonds is 4. The molecule has 4 amide bonds. The van der Waals surface area contributed by atoms with Crippen LogP contribution in [0, 0.1) is 41.4 Å². The standard InChI is InChI=1S/C31H42N2O6S/c34-28-19-5-1-2-6-20(19)29(35)32(28)17-11-16(23-14-24(23)27-26-25(15-40-27)38-9-10-39-26)12-18(13-17)33-30(36)21-7-3-4-8-22(21)31(33)37/h16-27H,1-15H2. The summed E-state index contributed by atoms with van der Waals surface area (Å²) in [6, 6.07) is -0.422. The Morgan fingerprint density at radius 3 is 1.62 bits per heavy atom. The number of hydrogen-bond acceptors (Lipinski definition) is 7. The Morgan fingerprint density at radius 2 is 1.10 bits per heavy atom. The van der Waals surface area contributed by atoms with Gasteiger partial charge in [0.15, 0.2) is 0 Å². The Morgan fingerprint density at radius 1 is 0.600 bits per heavy atom. The van der Waals surface area contributed by atoms with Crippen molar-refractivity contribution >= 4 is 35.4 Å². The summed E-state index contributed by atoms with van der Waals surface area (Å²) in [6.07, 6.45) is 10.9. The average molecular weight is 571 g/mol. The van der Waals surface area contributed by atoms with Gasteiger partial charge in [-0.05, 0) is 69.1 Å². The fourth-order valence-electron chi connectivity index (χ4n) is 10.0. The van der Waals surface area contributed by atoms with Gasteiger partial charge in [0, 0.05) is 23.1 Å². The van der Waals surface area contributed by atoms with E-state index in [1.165, 1.54) is 0 Å². The van der Waals surface area contributed by atoms with Crippen molar-refractivity contribution < 1.29 is 28.7 Å². The van der Waals surface area contributed by atoms with Crippen molar-refractivity contribution in [3.63, 3.8) is 0 Å². The molecule has 4 aliphatic carbocycles. The minimum Gasteiger partial charge on any atom is -0.372 e. The molecule has 0 radical (unpaired) electrons. The smallest absolute Gasteiger partial charge is 0.233 e. The van der Waals surface area contributed by atoms with E-state index in [0.717, 1.165) is 76.4 Å². The van der Waals surface area contributed by atoms with Gasteiger partial charge in [0.25, 0.3) is 0 Å². The quantitative estimate of drug-likeness (QED) is 0.479. The molecule has 8 fully saturated rings. The van der Waals surface area contributed by atoms with Gasteiger partial charge in [-0.1, -0.05) is 25.7 Å². The van der Waals surface area contributed by atoms with E-state index < -0.39 is 0 Å². The van der Waals surface area contributed by atoms with Gasteiger partial charge in [-0.25, -0.2) is 0 Å². The first-order valence-corrected chi connectivity index (χ1v) is 17.1. The maximum atomic E-state index is 13.7. The van der Waals surface area contributed by atoms with Crippen LogP contribution in [0.4, 0.5) is 0 Å². The summed E-state index contributed by atoms with van der Waals surface area (Å²) in [5.74, 6) is 1.69. The third-order valence-corrected chi connectivity index (χ3v) is 13.5. The Bertz CT molecular complexity index is 992. The molecule has 8 nitrogen and oxygen atoms in total. The molecule has 11 atom stereocenters. The zero-order valence-corrected chi connectivity index (χ0v) is 24.1. The van der Waals surface area contributed by atoms with E-state index in [0.29, 0.717) is 42.6 Å². The summed E-state index contributed by atoms with van der Waals surface area (Å²) in [6.45, 7) is 1.33. The Kier molecular flexibility index (Phi) is 6.60. The van der Waals surface area contributed by atoms with Crippen molar-refractivity contribution in [1.29, 1.82) is 0 Å². The summed E-state index contributed by atoms with van der Waals surface area (Å²) < 4.78 is 12.2. The van der Waals surface area contributed by atoms with E-state index in [4.69, 9.17) is 9.47 Å². The fraction of sp³-hybridized carbons (Fsp3) is 0.871. The first kappa shape index (κ1) is 26.2. The van der Waals surface area contributed by atoms with Gasteiger partial charge in [-0.15, -0.1) is 0 Å². The molecule has 0 aromatic rings. The van der Waals surface area contributed by atoms with Gasteiger partial charge in [-0.2, -0.15) is 11.8 Å². The van der Waals surface area contributed by atoms with Crippen LogP contribution in [0.15, 0.2) is 0 Å². The molecular formula is C31H42N2O6S. The number of thioether (sulfide) groups is 1. The van der Waals surface area contributed by atoms with Crippen LogP contribution >= 0.6 is 11.8 Å². The van der Waals surface area contributed by atoms with Crippen LogP contribution in [-0.2, 0) is 28.7 Å². The number of hydrogen-bond donors (Lipinski definition) is 0. The third kappa shape index (κ3) is 4.07. The van der Waals surface area contributed by atoms with Crippen LogP contribution in [-0.4, -0.2) is 81.9 Å². The van der Waals surface area contributed by atoms with Crippen molar-refractivity contribution in [3.8, 4) is 0 Å². The van der Waals surface area contributed by atoms with Gasteiger partial charge in [0.1, 0.15) is 0 Å². The number of ether oxygens (including phenoxy) is 2. The highest BCUT2D eigenvalue weighted by Gasteiger charge is 2.59. The molecule has 0 aromatic carbocycles. The predicted molar refractivity (Wildman–Crippen MR) is 147 cm³/mol. The highest BCUT2D eigenvalue weighted by Crippen LogP contribution is 2.58. The predicted octanol–water partition coefficient (Wildman–Crippen LogP) is 3.41. The van der Waals surface area contributed by atoms with Crippen molar-refractivity contribution in [1.82, 2.24) is 9.80 Å². The summed E-state index contributed by atoms with van der Waals surface area (Å²) in [5.41, 5.74) is 0. The lowest BCUT2D eigenvalue weighted by Crippen LogP contribution is -2.52. The highest BCUT2D eigenvalue weighted by atomic mass is 32.2. The maximum Gasteiger partial charge on any atom is 0.233 e. The first-order valence-electron chi connectivity index (χ1n) is 16.1. The monoisotopic (exact) mass is 570 g/mol. The number of carbonyl (C=O) groups excluding carboxylic acids is 4. The van der Waals surface area contributed by atoms with E-state index in [-0.39, 0.29) is 71.6 Å². The highest BCUT2D eigenvalue weighted by molar-refractivity contribution is 8.00. The van der Waals surface area contributed by atoms with Crippen molar-refractivity contribution in [2.24, 2.45) is 41.4 Å². The lowest BCUT2D eigenvalue weighted by molar-refractivity contribution is -0.147. The molecular weight excluding hydrogens is 528 g/mol. The van der Waals surface area contributed by atoms with Crippen molar-refractivity contribution in [2.45, 2.75) is 107 Å². The largest absolute Gasteiger partial charge is 0.372 e. The molecule has 4 heterocycles. The van der Waals surface area contributed by atoms with Gasteiger partial charge >= 0.3 is 0 Å². The van der Waals surface area contributed by atoms with Gasteiger partial charge < -0.3 is 9.47 Å². The van der Waals surface area contributed by atoms with E-state index in [1.54, 1.807) is 9.80 Å². The molecule has 8 aliphatic rings. The number of imide groups is 2. The SMILES string of the molecule is O=C1C2CCCCC2C(=O)N1C1CC(C2CC2C2SCC3OCCOC32)CC(N2C(=O)C3CCCCC3C2=O)C1. The summed E-state index contributed by atoms with van der Waals surface area (Å²) in [5, 5.41) is 0.421. The lowest BCUT2D eigenvalue weighted by Gasteiger charge is -2.42. The van der Waals surface area contributed by atoms with E-state index in [2.05, 4.69) is 0 Å². The molecule has 0 spiro atoms. The molecule has 11 unspecified atom stereocenters. The van der Waals surface area contributed by atoms with Crippen LogP contribution in [0.3, 0.4) is 0 Å². The van der Waals surface area contributed by atoms with Crippen molar-refractivity contribution in [2.75, 3.05) is 19.0 Å². The first-order chi connectivity index (χ1) is 19.5. The Hall–Kier alpha value is -1.45. The van der Waals surface area contributed by atoms with Gasteiger partial charge in [-0.3, -0.25) is 29.0 Å². The lowest BCUT2D eigenvalue weighted by atomic mass is 9.77. The average Bonchev–Trinajstić information content (AvgIpc) is 3.50. The minimum atomic E-state index is -0.211. The zero-order chi connectivity index (χ0) is 27.1. The number of fused-ring (bicyclic) bond motifs is 3. The molecule has 40 heavy (non-hydrogen) atoms. The molecule has 4 saturated carbocycles. The Labute approximate surface area is 240 Å². The Balaban J connectivity index is 1.06. The van der Waals surface area contributed by atoms with E-state index >= 15 is 0 Å². The summed E-state index contributed by atoms with van der Waals surface area (Å²) in [4.78, 5) is 57.9. The van der Waals surface area contributed by atoms with E-state index in [1.807, 2.05) is 11.8 Å². The number of nitrogens with zero attached hydrogens (tertiary/aromatic N) is 2. The second-order valence-corrected chi connectivity index (χ2v) is 15.2. The number of carbonyl (C=O) groups is 4. The van der Waals surface area contributed by atoms with Crippen molar-refractivity contribution in [3.05, 3.63) is 0 Å². The molecule has 4 aliphatic heterocycles. The van der Waals surface area contributed by atoms with Gasteiger partial charge in [0.2, 0.25) is 23.6 Å². The van der Waals surface area contributed by atoms with Crippen LogP contribution in [0.5, 0.6) is 0 Å². The molecule has 0 bridgehead atoms. The molecule has 0 N–H and O–H groups in total. The van der Waals surface area contributed by atoms with Gasteiger partial charge in [0.05, 0.1) is 49.1 Å². The maximum absolute atomic E-state index is 13.7. The number of amides is 4. The molecule has 4 saturated heterocycles. The van der Waals surface area contributed by atoms with E-state index in [9.17, 15) is 19.2 Å². The normalized spacial score (nSPS) is 48.8. The molecule has 9 heteroatoms. The second kappa shape index (κ2) is 10.1. The molecule has 8 rings (SSSR count). The molecule has 0 aromatic heterocycles. The van der Waals surface area contributed by atoms with Crippen LogP contribution in [0.25, 0.3) is 0 Å². The van der Waals surface area contributed by atoms with Crippen LogP contribution in [0.2, 0.25) is 0 Å². The minimum absolute atomic E-state index is 0.0149. The summed E-state index contributed by atoms with van der Waals surface area (Å²) in [7, 11) is 0. The zero-order valence-electron chi connectivity index (χ0n) is 23.3. The van der Waals surface area contributed by atoms with Crippen LogP contribution < -0.4 is 0 Å². The second-order valence-electron chi connectivity index (χ2n) is 14.0. The fourth-order valence-corrected chi connectivity index (χ4v) is 11.7. The summed E-state index contributed by atoms with van der Waals surface area (Å²) >= 11 is 1.98.